The molecule has 0 amide bonds. The minimum atomic E-state index is -0.633. The Labute approximate surface area is 210 Å². The van der Waals surface area contributed by atoms with E-state index in [9.17, 15) is 14.7 Å². The minimum absolute atomic E-state index is 0.105. The standard InChI is InChI=1S/C31H28N2O3/c1-30(2)19-9-5-7-11-21(19)32-15-13-17(28(30)32)23-25(34)24(27(36)26(23)35)18-14-16-33-22-12-8-6-10-20(22)31(3,4)29(18)33/h5-12H,13-16H2,1-4H3. The normalized spacial score (nSPS) is 25.3. The molecule has 0 bridgehead atoms. The average molecular weight is 477 g/mol. The molecule has 1 aliphatic carbocycles. The van der Waals surface area contributed by atoms with Crippen molar-refractivity contribution in [3.8, 4) is 0 Å². The topological polar surface area (TPSA) is 63.5 Å². The maximum absolute atomic E-state index is 14.0. The molecular weight excluding hydrogens is 448 g/mol. The van der Waals surface area contributed by atoms with Crippen molar-refractivity contribution in [1.82, 2.24) is 0 Å². The quantitative estimate of drug-likeness (QED) is 0.355. The van der Waals surface area contributed by atoms with Crippen LogP contribution in [0.4, 0.5) is 11.4 Å². The van der Waals surface area contributed by atoms with Crippen molar-refractivity contribution in [2.24, 2.45) is 0 Å². The summed E-state index contributed by atoms with van der Waals surface area (Å²) in [6, 6.07) is 16.5. The zero-order chi connectivity index (χ0) is 25.1. The highest BCUT2D eigenvalue weighted by Gasteiger charge is 2.53. The van der Waals surface area contributed by atoms with E-state index in [0.717, 1.165) is 33.9 Å². The maximum Gasteiger partial charge on any atom is 0.233 e. The fraction of sp³-hybridized carbons (Fsp3) is 0.323. The minimum Gasteiger partial charge on any atom is -0.871 e. The van der Waals surface area contributed by atoms with Gasteiger partial charge in [-0.15, -0.1) is 0 Å². The Hall–Kier alpha value is -3.73. The van der Waals surface area contributed by atoms with Gasteiger partial charge in [0.25, 0.3) is 0 Å². The lowest BCUT2D eigenvalue weighted by Gasteiger charge is -2.25. The summed E-state index contributed by atoms with van der Waals surface area (Å²) in [5.74, 6) is -1.64. The molecule has 0 aromatic heterocycles. The number of para-hydroxylation sites is 2. The lowest BCUT2D eigenvalue weighted by molar-refractivity contribution is -0.428. The van der Waals surface area contributed by atoms with Gasteiger partial charge in [-0.05, 0) is 37.5 Å². The highest BCUT2D eigenvalue weighted by Crippen LogP contribution is 2.54. The van der Waals surface area contributed by atoms with Gasteiger partial charge < -0.3 is 10.0 Å². The largest absolute Gasteiger partial charge is 0.871 e. The molecule has 5 heteroatoms. The predicted octanol–water partition coefficient (Wildman–Crippen LogP) is 3.98. The third kappa shape index (κ3) is 2.39. The Kier molecular flexibility index (Phi) is 4.02. The van der Waals surface area contributed by atoms with E-state index in [4.69, 9.17) is 0 Å². The Morgan fingerprint density at radius 2 is 1.47 bits per heavy atom. The van der Waals surface area contributed by atoms with Gasteiger partial charge in [-0.25, -0.2) is 0 Å². The lowest BCUT2D eigenvalue weighted by atomic mass is 9.77. The molecule has 2 aromatic rings. The van der Waals surface area contributed by atoms with Gasteiger partial charge in [-0.3, -0.25) is 9.59 Å². The zero-order valence-corrected chi connectivity index (χ0v) is 21.1. The smallest absolute Gasteiger partial charge is 0.233 e. The monoisotopic (exact) mass is 476 g/mol. The predicted molar refractivity (Wildman–Crippen MR) is 136 cm³/mol. The van der Waals surface area contributed by atoms with E-state index in [0.29, 0.717) is 25.9 Å². The van der Waals surface area contributed by atoms with Crippen LogP contribution in [0.3, 0.4) is 0 Å². The van der Waals surface area contributed by atoms with Gasteiger partial charge in [0.1, 0.15) is 0 Å². The van der Waals surface area contributed by atoms with Gasteiger partial charge in [0.05, 0.1) is 5.41 Å². The fourth-order valence-electron chi connectivity index (χ4n) is 7.47. The fourth-order valence-corrected chi connectivity index (χ4v) is 7.47. The Morgan fingerprint density at radius 1 is 0.806 bits per heavy atom. The first-order chi connectivity index (χ1) is 17.2. The molecule has 0 atom stereocenters. The number of hydrogen-bond acceptors (Lipinski definition) is 4. The molecule has 5 nitrogen and oxygen atoms in total. The van der Waals surface area contributed by atoms with Crippen LogP contribution in [0.15, 0.2) is 82.3 Å². The molecule has 0 saturated carbocycles. The summed E-state index contributed by atoms with van der Waals surface area (Å²) < 4.78 is 2.23. The Bertz CT molecular complexity index is 1580. The summed E-state index contributed by atoms with van der Waals surface area (Å²) in [7, 11) is 0. The second-order valence-electron chi connectivity index (χ2n) is 11.5. The summed E-state index contributed by atoms with van der Waals surface area (Å²) >= 11 is 0. The van der Waals surface area contributed by atoms with Crippen molar-refractivity contribution in [3.05, 3.63) is 93.4 Å². The number of benzene rings is 2. The van der Waals surface area contributed by atoms with E-state index < -0.39 is 11.6 Å². The van der Waals surface area contributed by atoms with E-state index in [1.54, 1.807) is 0 Å². The van der Waals surface area contributed by atoms with E-state index in [1.165, 1.54) is 11.1 Å². The van der Waals surface area contributed by atoms with Gasteiger partial charge in [0.15, 0.2) is 12.3 Å². The van der Waals surface area contributed by atoms with Crippen LogP contribution in [-0.4, -0.2) is 34.9 Å². The SMILES string of the molecule is CC1(C)C2=C(C3=C([O-])/C(=C4/CC[N+]5=C4C(C)(C)c4ccccc45)C(=O)C3=O)CCN2c2ccccc21. The molecule has 0 unspecified atom stereocenters. The molecule has 0 fully saturated rings. The van der Waals surface area contributed by atoms with Gasteiger partial charge in [0.2, 0.25) is 17.3 Å². The molecule has 0 radical (unpaired) electrons. The van der Waals surface area contributed by atoms with Crippen molar-refractivity contribution in [1.29, 1.82) is 0 Å². The van der Waals surface area contributed by atoms with Crippen molar-refractivity contribution < 1.29 is 19.3 Å². The molecule has 7 rings (SSSR count). The molecule has 0 saturated heterocycles. The summed E-state index contributed by atoms with van der Waals surface area (Å²) in [5.41, 5.74) is 7.65. The molecular formula is C31H28N2O3. The van der Waals surface area contributed by atoms with Crippen LogP contribution in [0.1, 0.15) is 51.7 Å². The van der Waals surface area contributed by atoms with Crippen LogP contribution in [0.25, 0.3) is 0 Å². The molecule has 0 N–H and O–H groups in total. The summed E-state index contributed by atoms with van der Waals surface area (Å²) in [5, 5.41) is 14.0. The first-order valence-corrected chi connectivity index (χ1v) is 12.8. The number of carbonyl (C=O) groups is 2. The molecule has 4 heterocycles. The first kappa shape index (κ1) is 21.5. The van der Waals surface area contributed by atoms with E-state index in [2.05, 4.69) is 61.4 Å². The van der Waals surface area contributed by atoms with Crippen LogP contribution in [0.2, 0.25) is 0 Å². The first-order valence-electron chi connectivity index (χ1n) is 12.8. The Morgan fingerprint density at radius 3 is 2.25 bits per heavy atom. The van der Waals surface area contributed by atoms with Gasteiger partial charge in [-0.2, -0.15) is 4.58 Å². The number of fused-ring (bicyclic) bond motifs is 5. The van der Waals surface area contributed by atoms with Crippen LogP contribution in [-0.2, 0) is 20.4 Å². The third-order valence-corrected chi connectivity index (χ3v) is 8.92. The van der Waals surface area contributed by atoms with Crippen molar-refractivity contribution in [3.63, 3.8) is 0 Å². The summed E-state index contributed by atoms with van der Waals surface area (Å²) in [6.07, 6.45) is 1.19. The average Bonchev–Trinajstić information content (AvgIpc) is 3.61. The van der Waals surface area contributed by atoms with E-state index >= 15 is 0 Å². The van der Waals surface area contributed by atoms with Crippen LogP contribution in [0.5, 0.6) is 0 Å². The Balaban J connectivity index is 1.43. The second kappa shape index (κ2) is 6.73. The number of ketones is 2. The number of allylic oxidation sites excluding steroid dienone is 3. The van der Waals surface area contributed by atoms with Gasteiger partial charge >= 0.3 is 0 Å². The number of nitrogens with zero attached hydrogens (tertiary/aromatic N) is 2. The number of Topliss-reactive ketones (excluding diaryl/α,β-unsaturated/α-hetero) is 2. The second-order valence-corrected chi connectivity index (χ2v) is 11.5. The molecule has 0 spiro atoms. The molecule has 5 aliphatic rings. The zero-order valence-electron chi connectivity index (χ0n) is 21.1. The number of anilines is 1. The molecule has 2 aromatic carbocycles. The summed E-state index contributed by atoms with van der Waals surface area (Å²) in [6.45, 7) is 9.98. The van der Waals surface area contributed by atoms with E-state index in [-0.39, 0.29) is 27.7 Å². The molecule has 180 valence electrons. The molecule has 36 heavy (non-hydrogen) atoms. The van der Waals surface area contributed by atoms with Crippen LogP contribution >= 0.6 is 0 Å². The lowest BCUT2D eigenvalue weighted by Crippen LogP contribution is -2.29. The van der Waals surface area contributed by atoms with E-state index in [1.807, 2.05) is 24.3 Å². The number of rotatable bonds is 1. The van der Waals surface area contributed by atoms with Gasteiger partial charge in [-0.1, -0.05) is 56.0 Å². The third-order valence-electron chi connectivity index (χ3n) is 8.92. The highest BCUT2D eigenvalue weighted by atomic mass is 16.3. The van der Waals surface area contributed by atoms with Crippen molar-refractivity contribution >= 4 is 28.7 Å². The molecule has 4 aliphatic heterocycles. The number of hydrogen-bond donors (Lipinski definition) is 0. The van der Waals surface area contributed by atoms with Crippen molar-refractivity contribution in [2.75, 3.05) is 18.0 Å². The van der Waals surface area contributed by atoms with Crippen molar-refractivity contribution in [2.45, 2.75) is 51.4 Å². The van der Waals surface area contributed by atoms with Gasteiger partial charge in [0, 0.05) is 58.1 Å². The summed E-state index contributed by atoms with van der Waals surface area (Å²) in [4.78, 5) is 29.2. The maximum atomic E-state index is 14.0. The van der Waals surface area contributed by atoms with Crippen LogP contribution in [0, 0.1) is 0 Å². The number of carbonyl (C=O) groups excluding carboxylic acids is 2. The van der Waals surface area contributed by atoms with Crippen LogP contribution < -0.4 is 10.0 Å². The highest BCUT2D eigenvalue weighted by molar-refractivity contribution is 6.55.